The van der Waals surface area contributed by atoms with Crippen LogP contribution in [0.25, 0.3) is 0 Å². The van der Waals surface area contributed by atoms with Gasteiger partial charge in [-0.05, 0) is 61.1 Å². The number of hydrogen-bond donors (Lipinski definition) is 0. The van der Waals surface area contributed by atoms with Crippen LogP contribution in [-0.4, -0.2) is 42.3 Å². The molecule has 5 aromatic rings. The molecule has 5 rings (SSSR count). The van der Waals surface area contributed by atoms with Gasteiger partial charge in [0.25, 0.3) is 0 Å². The molecule has 0 atom stereocenters. The summed E-state index contributed by atoms with van der Waals surface area (Å²) in [5, 5.41) is 0. The fourth-order valence-corrected chi connectivity index (χ4v) is 8.18. The molecule has 0 saturated heterocycles. The number of ether oxygens (including phenoxy) is 1. The zero-order valence-electron chi connectivity index (χ0n) is 37.8. The minimum atomic E-state index is -6.13. The van der Waals surface area contributed by atoms with Crippen LogP contribution in [-0.2, 0) is 65.0 Å². The fourth-order valence-electron chi connectivity index (χ4n) is 7.49. The number of halogens is 24. The van der Waals surface area contributed by atoms with E-state index in [1.165, 1.54) is 0 Å². The molecular formula is C46H31BF24O3S. The third kappa shape index (κ3) is 15.1. The van der Waals surface area contributed by atoms with E-state index in [2.05, 4.69) is 0 Å². The standard InChI is InChI=1S/C32H12BF24.C14H19O3S/c34-25(35,36)13-1-14(26(37,38)39)6-21(5-13)33(22-7-15(27(40,41)42)2-16(8-22)28(43,44)45,23-9-17(29(46,47)48)3-18(10-23)30(49,50)51)24-11-19(31(52,53)54)4-20(12-24)32(55,56)57;1-10(2)17-14(16)12-7-5-11(6-8-12)13(15)9-18(3)4/h1-12H;5-8,10H,9H2,1-4H3/q-1;+1. The molecule has 0 aromatic heterocycles. The normalized spacial score (nSPS) is 13.5. The summed E-state index contributed by atoms with van der Waals surface area (Å²) < 4.78 is 346. The van der Waals surface area contributed by atoms with Gasteiger partial charge in [0, 0.05) is 5.56 Å². The average Bonchev–Trinajstić information content (AvgIpc) is 3.23. The van der Waals surface area contributed by atoms with E-state index in [0.717, 1.165) is 0 Å². The zero-order chi connectivity index (χ0) is 57.6. The van der Waals surface area contributed by atoms with Crippen LogP contribution in [0.1, 0.15) is 79.1 Å². The van der Waals surface area contributed by atoms with Crippen LogP contribution in [0.3, 0.4) is 0 Å². The van der Waals surface area contributed by atoms with E-state index in [-0.39, 0.29) is 28.8 Å². The quantitative estimate of drug-likeness (QED) is 0.0486. The van der Waals surface area contributed by atoms with Crippen molar-refractivity contribution in [2.75, 3.05) is 18.3 Å². The lowest BCUT2D eigenvalue weighted by Gasteiger charge is -2.46. The summed E-state index contributed by atoms with van der Waals surface area (Å²) in [6.45, 7) is 3.61. The molecule has 0 heterocycles. The van der Waals surface area contributed by atoms with Crippen molar-refractivity contribution < 1.29 is 120 Å². The molecule has 0 aliphatic heterocycles. The first-order valence-corrected chi connectivity index (χ1v) is 22.6. The maximum absolute atomic E-state index is 14.2. The number of esters is 1. The van der Waals surface area contributed by atoms with Crippen molar-refractivity contribution >= 4 is 50.6 Å². The van der Waals surface area contributed by atoms with Gasteiger partial charge in [-0.2, -0.15) is 127 Å². The number of rotatable bonds is 9. The Morgan fingerprint density at radius 1 is 0.387 bits per heavy atom. The Kier molecular flexibility index (Phi) is 17.4. The first-order chi connectivity index (χ1) is 33.7. The summed E-state index contributed by atoms with van der Waals surface area (Å²) in [6.07, 6.45) is -50.9. The highest BCUT2D eigenvalue weighted by atomic mass is 32.2. The maximum atomic E-state index is 14.2. The lowest BCUT2D eigenvalue weighted by atomic mass is 9.12. The lowest BCUT2D eigenvalue weighted by Crippen LogP contribution is -2.75. The molecule has 0 aliphatic carbocycles. The number of Topliss-reactive ketones (excluding diaryl/α,β-unsaturated/α-hetero) is 1. The highest BCUT2D eigenvalue weighted by molar-refractivity contribution is 7.96. The summed E-state index contributed by atoms with van der Waals surface area (Å²) in [7, 11) is 0.0908. The number of benzene rings is 5. The summed E-state index contributed by atoms with van der Waals surface area (Å²) in [5.74, 6) is 0.317. The molecule has 0 amide bonds. The first-order valence-electron chi connectivity index (χ1n) is 20.4. The molecule has 0 spiro atoms. The summed E-state index contributed by atoms with van der Waals surface area (Å²) in [5.41, 5.74) is -29.1. The van der Waals surface area contributed by atoms with Crippen molar-refractivity contribution in [2.45, 2.75) is 69.4 Å². The second-order valence-electron chi connectivity index (χ2n) is 16.8. The van der Waals surface area contributed by atoms with Gasteiger partial charge in [-0.15, -0.1) is 0 Å². The predicted octanol–water partition coefficient (Wildman–Crippen LogP) is 13.5. The summed E-state index contributed by atoms with van der Waals surface area (Å²) in [6, 6.07) is -2.16. The van der Waals surface area contributed by atoms with Gasteiger partial charge < -0.3 is 4.74 Å². The van der Waals surface area contributed by atoms with Crippen molar-refractivity contribution in [3.05, 3.63) is 153 Å². The van der Waals surface area contributed by atoms with Crippen LogP contribution in [0.5, 0.6) is 0 Å². The van der Waals surface area contributed by atoms with Crippen LogP contribution in [0.4, 0.5) is 105 Å². The Bertz CT molecular complexity index is 2390. The molecule has 0 aliphatic rings. The van der Waals surface area contributed by atoms with Crippen molar-refractivity contribution in [1.82, 2.24) is 0 Å². The Labute approximate surface area is 410 Å². The summed E-state index contributed by atoms with van der Waals surface area (Å²) >= 11 is 0. The predicted molar refractivity (Wildman–Crippen MR) is 225 cm³/mol. The van der Waals surface area contributed by atoms with Crippen LogP contribution in [0, 0.1) is 0 Å². The zero-order valence-corrected chi connectivity index (χ0v) is 38.6. The average molecular weight is 1130 g/mol. The molecule has 0 bridgehead atoms. The Morgan fingerprint density at radius 3 is 0.760 bits per heavy atom. The van der Waals surface area contributed by atoms with Crippen molar-refractivity contribution in [2.24, 2.45) is 0 Å². The number of carbonyl (C=O) groups excluding carboxylic acids is 2. The lowest BCUT2D eigenvalue weighted by molar-refractivity contribution is -0.144. The SMILES string of the molecule is CC(C)OC(=O)c1ccc(C(=O)C[S+](C)C)cc1.FC(F)(F)c1cc([B-](c2cc(C(F)(F)F)cc(C(F)(F)F)c2)(c2cc(C(F)(F)F)cc(C(F)(F)F)c2)c2cc(C(F)(F)F)cc(C(F)(F)F)c2)cc(C(F)(F)F)c1. The van der Waals surface area contributed by atoms with E-state index in [1.54, 1.807) is 38.1 Å². The van der Waals surface area contributed by atoms with Crippen LogP contribution >= 0.6 is 0 Å². The van der Waals surface area contributed by atoms with Gasteiger partial charge in [0.15, 0.2) is 5.75 Å². The Morgan fingerprint density at radius 2 is 0.587 bits per heavy atom. The van der Waals surface area contributed by atoms with Gasteiger partial charge in [0.2, 0.25) is 5.78 Å². The maximum Gasteiger partial charge on any atom is 0.416 e. The molecular weight excluding hydrogens is 1100 g/mol. The minimum absolute atomic E-state index is 0.0908. The van der Waals surface area contributed by atoms with Crippen molar-refractivity contribution in [3.8, 4) is 0 Å². The van der Waals surface area contributed by atoms with Gasteiger partial charge in [-0.1, -0.05) is 60.7 Å². The number of hydrogen-bond acceptors (Lipinski definition) is 3. The second-order valence-corrected chi connectivity index (χ2v) is 19.1. The molecule has 29 heteroatoms. The highest BCUT2D eigenvalue weighted by Crippen LogP contribution is 2.41. The first kappa shape index (κ1) is 61.5. The van der Waals surface area contributed by atoms with Gasteiger partial charge in [-0.25, -0.2) is 4.79 Å². The van der Waals surface area contributed by atoms with E-state index in [0.29, 0.717) is 16.9 Å². The molecule has 5 aromatic carbocycles. The van der Waals surface area contributed by atoms with E-state index in [1.807, 2.05) is 12.5 Å². The van der Waals surface area contributed by atoms with E-state index in [9.17, 15) is 115 Å². The molecule has 410 valence electrons. The van der Waals surface area contributed by atoms with Crippen LogP contribution in [0.15, 0.2) is 97.1 Å². The van der Waals surface area contributed by atoms with Gasteiger partial charge >= 0.3 is 55.4 Å². The third-order valence-corrected chi connectivity index (χ3v) is 11.5. The Balaban J connectivity index is 0.000000569. The van der Waals surface area contributed by atoms with Crippen LogP contribution in [0.2, 0.25) is 0 Å². The fraction of sp³-hybridized carbons (Fsp3) is 0.304. The number of alkyl halides is 24. The largest absolute Gasteiger partial charge is 0.459 e. The minimum Gasteiger partial charge on any atom is -0.459 e. The smallest absolute Gasteiger partial charge is 0.416 e. The van der Waals surface area contributed by atoms with E-state index >= 15 is 0 Å². The monoisotopic (exact) mass is 1130 g/mol. The molecule has 0 N–H and O–H groups in total. The molecule has 75 heavy (non-hydrogen) atoms. The molecule has 0 fully saturated rings. The van der Waals surface area contributed by atoms with E-state index < -0.39 is 195 Å². The van der Waals surface area contributed by atoms with E-state index in [4.69, 9.17) is 4.74 Å². The van der Waals surface area contributed by atoms with Crippen LogP contribution < -0.4 is 21.9 Å². The number of ketones is 1. The third-order valence-electron chi connectivity index (χ3n) is 10.6. The van der Waals surface area contributed by atoms with Gasteiger partial charge in [0.1, 0.15) is 6.15 Å². The molecule has 3 nitrogen and oxygen atoms in total. The second kappa shape index (κ2) is 21.2. The number of carbonyl (C=O) groups is 2. The summed E-state index contributed by atoms with van der Waals surface area (Å²) in [4.78, 5) is 23.4. The topological polar surface area (TPSA) is 43.4 Å². The van der Waals surface area contributed by atoms with Gasteiger partial charge in [0.05, 0.1) is 68.7 Å². The molecule has 0 unspecified atom stereocenters. The molecule has 0 radical (unpaired) electrons. The van der Waals surface area contributed by atoms with Crippen molar-refractivity contribution in [3.63, 3.8) is 0 Å². The Hall–Kier alpha value is -6.03. The van der Waals surface area contributed by atoms with Crippen molar-refractivity contribution in [1.29, 1.82) is 0 Å². The molecule has 0 saturated carbocycles. The highest BCUT2D eigenvalue weighted by Gasteiger charge is 2.47. The van der Waals surface area contributed by atoms with Gasteiger partial charge in [-0.3, -0.25) is 4.79 Å².